The summed E-state index contributed by atoms with van der Waals surface area (Å²) in [4.78, 5) is 11.2. The van der Waals surface area contributed by atoms with Crippen LogP contribution in [0.15, 0.2) is 12.1 Å². The summed E-state index contributed by atoms with van der Waals surface area (Å²) in [6, 6.07) is 3.98. The fourth-order valence-corrected chi connectivity index (χ4v) is 3.12. The third kappa shape index (κ3) is 3.05. The predicted molar refractivity (Wildman–Crippen MR) is 82.8 cm³/mol. The Morgan fingerprint density at radius 3 is 2.24 bits per heavy atom. The van der Waals surface area contributed by atoms with E-state index in [1.54, 1.807) is 0 Å². The first-order chi connectivity index (χ1) is 9.82. The Labute approximate surface area is 126 Å². The number of hydrogen-bond donors (Lipinski definition) is 3. The first-order valence-corrected chi connectivity index (χ1v) is 7.64. The number of benzene rings is 1. The summed E-state index contributed by atoms with van der Waals surface area (Å²) in [6.45, 7) is 8.75. The van der Waals surface area contributed by atoms with E-state index < -0.39 is 5.97 Å². The minimum Gasteiger partial charge on any atom is -0.507 e. The average Bonchev–Trinajstić information content (AvgIpc) is 2.86. The van der Waals surface area contributed by atoms with E-state index in [9.17, 15) is 9.90 Å². The van der Waals surface area contributed by atoms with Gasteiger partial charge in [-0.15, -0.1) is 0 Å². The molecule has 0 saturated carbocycles. The van der Waals surface area contributed by atoms with E-state index in [2.05, 4.69) is 39.1 Å². The molecule has 0 aromatic heterocycles. The molecule has 2 unspecified atom stereocenters. The molecular formula is C17H25NO3. The van der Waals surface area contributed by atoms with Gasteiger partial charge in [-0.25, -0.2) is 0 Å². The molecule has 0 amide bonds. The molecule has 3 N–H and O–H groups in total. The van der Waals surface area contributed by atoms with Crippen LogP contribution in [0.4, 0.5) is 0 Å². The molecule has 4 nitrogen and oxygen atoms in total. The lowest BCUT2D eigenvalue weighted by atomic mass is 9.86. The van der Waals surface area contributed by atoms with Crippen LogP contribution in [-0.2, 0) is 4.79 Å². The number of carbonyl (C=O) groups is 1. The molecule has 21 heavy (non-hydrogen) atoms. The van der Waals surface area contributed by atoms with E-state index in [-0.39, 0.29) is 23.8 Å². The van der Waals surface area contributed by atoms with E-state index in [1.165, 1.54) is 0 Å². The molecule has 1 saturated heterocycles. The van der Waals surface area contributed by atoms with Crippen LogP contribution >= 0.6 is 0 Å². The van der Waals surface area contributed by atoms with E-state index in [0.717, 1.165) is 16.7 Å². The van der Waals surface area contributed by atoms with Crippen molar-refractivity contribution in [3.05, 3.63) is 28.8 Å². The molecule has 2 atom stereocenters. The van der Waals surface area contributed by atoms with Crippen molar-refractivity contribution in [3.63, 3.8) is 0 Å². The third-order valence-electron chi connectivity index (χ3n) is 4.35. The largest absolute Gasteiger partial charge is 0.507 e. The monoisotopic (exact) mass is 291 g/mol. The first-order valence-electron chi connectivity index (χ1n) is 7.64. The van der Waals surface area contributed by atoms with Crippen LogP contribution in [0.3, 0.4) is 0 Å². The van der Waals surface area contributed by atoms with Crippen molar-refractivity contribution in [2.45, 2.75) is 52.0 Å². The van der Waals surface area contributed by atoms with Gasteiger partial charge in [0.25, 0.3) is 0 Å². The normalized spacial score (nSPS) is 22.2. The highest BCUT2D eigenvalue weighted by atomic mass is 16.4. The van der Waals surface area contributed by atoms with Crippen molar-refractivity contribution in [2.75, 3.05) is 6.54 Å². The maximum atomic E-state index is 11.2. The second-order valence-corrected chi connectivity index (χ2v) is 6.55. The summed E-state index contributed by atoms with van der Waals surface area (Å²) in [5.74, 6) is -0.285. The fourth-order valence-electron chi connectivity index (χ4n) is 3.12. The topological polar surface area (TPSA) is 69.6 Å². The summed E-state index contributed by atoms with van der Waals surface area (Å²) in [7, 11) is 0. The van der Waals surface area contributed by atoms with Gasteiger partial charge in [-0.1, -0.05) is 39.8 Å². The summed E-state index contributed by atoms with van der Waals surface area (Å²) in [6.07, 6.45) is 0.532. The fraction of sp³-hybridized carbons (Fsp3) is 0.588. The predicted octanol–water partition coefficient (Wildman–Crippen LogP) is 3.37. The van der Waals surface area contributed by atoms with E-state index >= 15 is 0 Å². The zero-order valence-corrected chi connectivity index (χ0v) is 13.2. The SMILES string of the molecule is CC(C)c1ccc(C(C)C)c(C2CC(C(=O)O)CN2)c1O. The van der Waals surface area contributed by atoms with Crippen molar-refractivity contribution >= 4 is 5.97 Å². The first kappa shape index (κ1) is 15.8. The van der Waals surface area contributed by atoms with E-state index in [4.69, 9.17) is 5.11 Å². The number of phenolic OH excluding ortho intramolecular Hbond substituents is 1. The number of aromatic hydroxyl groups is 1. The Morgan fingerprint density at radius 2 is 1.76 bits per heavy atom. The van der Waals surface area contributed by atoms with Crippen molar-refractivity contribution < 1.29 is 15.0 Å². The molecule has 0 radical (unpaired) electrons. The van der Waals surface area contributed by atoms with Gasteiger partial charge in [0, 0.05) is 18.2 Å². The van der Waals surface area contributed by atoms with Crippen molar-refractivity contribution in [2.24, 2.45) is 5.92 Å². The molecule has 116 valence electrons. The van der Waals surface area contributed by atoms with Crippen LogP contribution in [-0.4, -0.2) is 22.7 Å². The van der Waals surface area contributed by atoms with Crippen molar-refractivity contribution in [3.8, 4) is 5.75 Å². The Morgan fingerprint density at radius 1 is 1.19 bits per heavy atom. The van der Waals surface area contributed by atoms with Gasteiger partial charge in [0.2, 0.25) is 0 Å². The van der Waals surface area contributed by atoms with Gasteiger partial charge in [-0.05, 0) is 29.4 Å². The number of phenols is 1. The van der Waals surface area contributed by atoms with Crippen molar-refractivity contribution in [1.82, 2.24) is 5.32 Å². The Kier molecular flexibility index (Phi) is 4.57. The highest BCUT2D eigenvalue weighted by Crippen LogP contribution is 2.41. The standard InChI is InChI=1S/C17H25NO3/c1-9(2)12-5-6-13(10(3)4)16(19)15(12)14-7-11(8-18-14)17(20)21/h5-6,9-11,14,18-19H,7-8H2,1-4H3,(H,20,21). The molecule has 2 rings (SSSR count). The van der Waals surface area contributed by atoms with E-state index in [1.807, 2.05) is 6.07 Å². The molecule has 1 aromatic carbocycles. The average molecular weight is 291 g/mol. The minimum atomic E-state index is -0.768. The van der Waals surface area contributed by atoms with Crippen LogP contribution in [0, 0.1) is 5.92 Å². The number of aliphatic carboxylic acids is 1. The molecule has 0 spiro atoms. The molecule has 4 heteroatoms. The molecule has 1 aliphatic rings. The van der Waals surface area contributed by atoms with Crippen LogP contribution in [0.2, 0.25) is 0 Å². The van der Waals surface area contributed by atoms with Gasteiger partial charge in [-0.3, -0.25) is 4.79 Å². The van der Waals surface area contributed by atoms with Crippen LogP contribution < -0.4 is 5.32 Å². The maximum Gasteiger partial charge on any atom is 0.307 e. The lowest BCUT2D eigenvalue weighted by Crippen LogP contribution is -2.18. The van der Waals surface area contributed by atoms with Crippen LogP contribution in [0.1, 0.15) is 68.7 Å². The zero-order chi connectivity index (χ0) is 15.7. The maximum absolute atomic E-state index is 11.2. The smallest absolute Gasteiger partial charge is 0.307 e. The van der Waals surface area contributed by atoms with E-state index in [0.29, 0.717) is 18.7 Å². The molecule has 1 heterocycles. The van der Waals surface area contributed by atoms with Gasteiger partial charge in [-0.2, -0.15) is 0 Å². The highest BCUT2D eigenvalue weighted by Gasteiger charge is 2.33. The molecule has 1 fully saturated rings. The van der Waals surface area contributed by atoms with Gasteiger partial charge in [0.1, 0.15) is 5.75 Å². The summed E-state index contributed by atoms with van der Waals surface area (Å²) >= 11 is 0. The Bertz CT molecular complexity index is 537. The lowest BCUT2D eigenvalue weighted by Gasteiger charge is -2.23. The number of rotatable bonds is 4. The summed E-state index contributed by atoms with van der Waals surface area (Å²) in [5.41, 5.74) is 2.91. The van der Waals surface area contributed by atoms with Gasteiger partial charge >= 0.3 is 5.97 Å². The minimum absolute atomic E-state index is 0.0813. The number of carboxylic acids is 1. The van der Waals surface area contributed by atoms with Gasteiger partial charge in [0.15, 0.2) is 0 Å². The molecule has 1 aliphatic heterocycles. The van der Waals surface area contributed by atoms with Gasteiger partial charge < -0.3 is 15.5 Å². The molecule has 1 aromatic rings. The third-order valence-corrected chi connectivity index (χ3v) is 4.35. The Balaban J connectivity index is 2.45. The lowest BCUT2D eigenvalue weighted by molar-refractivity contribution is -0.141. The summed E-state index contributed by atoms with van der Waals surface area (Å²) < 4.78 is 0. The second kappa shape index (κ2) is 6.06. The van der Waals surface area contributed by atoms with Gasteiger partial charge in [0.05, 0.1) is 5.92 Å². The number of nitrogens with one attached hydrogen (secondary N) is 1. The van der Waals surface area contributed by atoms with Crippen molar-refractivity contribution in [1.29, 1.82) is 0 Å². The van der Waals surface area contributed by atoms with Crippen LogP contribution in [0.25, 0.3) is 0 Å². The molecular weight excluding hydrogens is 266 g/mol. The molecule has 0 bridgehead atoms. The quantitative estimate of drug-likeness (QED) is 0.795. The Hall–Kier alpha value is -1.55. The number of carboxylic acid groups (broad SMARTS) is 1. The summed E-state index contributed by atoms with van der Waals surface area (Å²) in [5, 5.41) is 23.1. The van der Waals surface area contributed by atoms with Crippen LogP contribution in [0.5, 0.6) is 5.75 Å². The number of hydrogen-bond acceptors (Lipinski definition) is 3. The zero-order valence-electron chi connectivity index (χ0n) is 13.2. The molecule has 0 aliphatic carbocycles. The highest BCUT2D eigenvalue weighted by molar-refractivity contribution is 5.71. The second-order valence-electron chi connectivity index (χ2n) is 6.55.